The van der Waals surface area contributed by atoms with Gasteiger partial charge in [-0.3, -0.25) is 4.79 Å². The van der Waals surface area contributed by atoms with Crippen LogP contribution in [0.1, 0.15) is 25.8 Å². The summed E-state index contributed by atoms with van der Waals surface area (Å²) < 4.78 is 11.3. The van der Waals surface area contributed by atoms with Gasteiger partial charge in [0.1, 0.15) is 11.5 Å². The Balaban J connectivity index is 1.42. The zero-order valence-corrected chi connectivity index (χ0v) is 16.5. The minimum atomic E-state index is -0.536. The molecule has 0 aliphatic heterocycles. The van der Waals surface area contributed by atoms with Crippen LogP contribution in [-0.4, -0.2) is 25.2 Å². The predicted molar refractivity (Wildman–Crippen MR) is 113 cm³/mol. The Morgan fingerprint density at radius 1 is 0.964 bits per heavy atom. The Labute approximate surface area is 166 Å². The molecule has 3 aromatic rings. The number of benzene rings is 3. The van der Waals surface area contributed by atoms with Crippen LogP contribution >= 0.6 is 0 Å². The highest BCUT2D eigenvalue weighted by molar-refractivity contribution is 5.84. The van der Waals surface area contributed by atoms with Crippen molar-refractivity contribution in [1.29, 1.82) is 0 Å². The van der Waals surface area contributed by atoms with Crippen LogP contribution in [-0.2, 0) is 11.2 Å². The van der Waals surface area contributed by atoms with Gasteiger partial charge in [0.2, 0.25) is 0 Å². The highest BCUT2D eigenvalue weighted by atomic mass is 16.5. The molecule has 0 bridgehead atoms. The molecule has 0 unspecified atom stereocenters. The van der Waals surface area contributed by atoms with E-state index in [-0.39, 0.29) is 5.91 Å². The number of ether oxygens (including phenoxy) is 2. The van der Waals surface area contributed by atoms with Gasteiger partial charge in [0, 0.05) is 6.54 Å². The van der Waals surface area contributed by atoms with E-state index < -0.39 is 6.10 Å². The maximum absolute atomic E-state index is 12.3. The standard InChI is InChI=1S/C24H27NO3/c1-3-27-22-13-10-19(11-14-22)7-6-16-25-24(26)18(2)28-23-15-12-20-8-4-5-9-21(20)17-23/h4-5,8-15,17-18H,3,6-7,16H2,1-2H3,(H,25,26)/t18-/m1/s1. The summed E-state index contributed by atoms with van der Waals surface area (Å²) in [5.74, 6) is 1.50. The number of nitrogens with one attached hydrogen (secondary N) is 1. The van der Waals surface area contributed by atoms with Crippen molar-refractivity contribution in [3.8, 4) is 11.5 Å². The molecule has 0 aliphatic rings. The van der Waals surface area contributed by atoms with Crippen LogP contribution in [0.5, 0.6) is 11.5 Å². The van der Waals surface area contributed by atoms with Crippen molar-refractivity contribution >= 4 is 16.7 Å². The molecule has 1 N–H and O–H groups in total. The normalized spacial score (nSPS) is 11.8. The Morgan fingerprint density at radius 3 is 2.43 bits per heavy atom. The summed E-state index contributed by atoms with van der Waals surface area (Å²) in [5.41, 5.74) is 1.23. The third-order valence-electron chi connectivity index (χ3n) is 4.58. The molecule has 4 nitrogen and oxygen atoms in total. The number of carbonyl (C=O) groups is 1. The molecule has 0 heterocycles. The summed E-state index contributed by atoms with van der Waals surface area (Å²) in [7, 11) is 0. The van der Waals surface area contributed by atoms with Crippen molar-refractivity contribution in [1.82, 2.24) is 5.32 Å². The van der Waals surface area contributed by atoms with E-state index >= 15 is 0 Å². The average molecular weight is 377 g/mol. The Bertz CT molecular complexity index is 905. The van der Waals surface area contributed by atoms with Gasteiger partial charge in [0.25, 0.3) is 5.91 Å². The molecule has 1 amide bonds. The molecule has 4 heteroatoms. The minimum absolute atomic E-state index is 0.0974. The van der Waals surface area contributed by atoms with Gasteiger partial charge in [-0.1, -0.05) is 42.5 Å². The lowest BCUT2D eigenvalue weighted by atomic mass is 10.1. The van der Waals surface area contributed by atoms with Gasteiger partial charge >= 0.3 is 0 Å². The Kier molecular flexibility index (Phi) is 6.90. The molecule has 0 spiro atoms. The van der Waals surface area contributed by atoms with E-state index in [1.165, 1.54) is 5.56 Å². The van der Waals surface area contributed by atoms with Crippen molar-refractivity contribution in [3.63, 3.8) is 0 Å². The van der Waals surface area contributed by atoms with Gasteiger partial charge in [-0.15, -0.1) is 0 Å². The lowest BCUT2D eigenvalue weighted by Gasteiger charge is -2.15. The van der Waals surface area contributed by atoms with E-state index in [0.717, 1.165) is 29.4 Å². The number of rotatable bonds is 9. The monoisotopic (exact) mass is 377 g/mol. The summed E-state index contributed by atoms with van der Waals surface area (Å²) >= 11 is 0. The largest absolute Gasteiger partial charge is 0.494 e. The smallest absolute Gasteiger partial charge is 0.260 e. The number of hydrogen-bond donors (Lipinski definition) is 1. The van der Waals surface area contributed by atoms with E-state index in [9.17, 15) is 4.79 Å². The van der Waals surface area contributed by atoms with Crippen LogP contribution < -0.4 is 14.8 Å². The van der Waals surface area contributed by atoms with Crippen molar-refractivity contribution < 1.29 is 14.3 Å². The molecule has 0 saturated heterocycles. The van der Waals surface area contributed by atoms with Crippen molar-refractivity contribution in [2.75, 3.05) is 13.2 Å². The van der Waals surface area contributed by atoms with Crippen LogP contribution in [0.4, 0.5) is 0 Å². The third kappa shape index (κ3) is 5.49. The second-order valence-corrected chi connectivity index (χ2v) is 6.74. The van der Waals surface area contributed by atoms with Crippen LogP contribution in [0, 0.1) is 0 Å². The molecule has 1 atom stereocenters. The molecule has 0 aromatic heterocycles. The van der Waals surface area contributed by atoms with Crippen LogP contribution in [0.25, 0.3) is 10.8 Å². The van der Waals surface area contributed by atoms with E-state index in [1.807, 2.05) is 55.5 Å². The first kappa shape index (κ1) is 19.7. The number of hydrogen-bond acceptors (Lipinski definition) is 3. The van der Waals surface area contributed by atoms with E-state index in [0.29, 0.717) is 18.9 Å². The summed E-state index contributed by atoms with van der Waals surface area (Å²) in [6, 6.07) is 22.1. The van der Waals surface area contributed by atoms with Crippen LogP contribution in [0.2, 0.25) is 0 Å². The second-order valence-electron chi connectivity index (χ2n) is 6.74. The molecule has 0 saturated carbocycles. The number of amides is 1. The lowest BCUT2D eigenvalue weighted by molar-refractivity contribution is -0.127. The molecule has 0 radical (unpaired) electrons. The predicted octanol–water partition coefficient (Wildman–Crippen LogP) is 4.75. The van der Waals surface area contributed by atoms with Crippen molar-refractivity contribution in [3.05, 3.63) is 72.3 Å². The fourth-order valence-electron chi connectivity index (χ4n) is 3.07. The molecule has 0 aliphatic carbocycles. The second kappa shape index (κ2) is 9.79. The highest BCUT2D eigenvalue weighted by Crippen LogP contribution is 2.21. The zero-order chi connectivity index (χ0) is 19.8. The first-order chi connectivity index (χ1) is 13.7. The Morgan fingerprint density at radius 2 is 1.68 bits per heavy atom. The van der Waals surface area contributed by atoms with Gasteiger partial charge in [0.15, 0.2) is 6.10 Å². The van der Waals surface area contributed by atoms with Gasteiger partial charge in [-0.2, -0.15) is 0 Å². The van der Waals surface area contributed by atoms with Crippen molar-refractivity contribution in [2.24, 2.45) is 0 Å². The fourth-order valence-corrected chi connectivity index (χ4v) is 3.07. The van der Waals surface area contributed by atoms with E-state index in [1.54, 1.807) is 6.92 Å². The van der Waals surface area contributed by atoms with E-state index in [2.05, 4.69) is 23.5 Å². The lowest BCUT2D eigenvalue weighted by Crippen LogP contribution is -2.36. The molecule has 3 rings (SSSR count). The van der Waals surface area contributed by atoms with Gasteiger partial charge in [-0.05, 0) is 67.3 Å². The molecular weight excluding hydrogens is 350 g/mol. The summed E-state index contributed by atoms with van der Waals surface area (Å²) in [4.78, 5) is 12.3. The summed E-state index contributed by atoms with van der Waals surface area (Å²) in [6.07, 6.45) is 1.25. The van der Waals surface area contributed by atoms with Crippen LogP contribution in [0.15, 0.2) is 66.7 Å². The van der Waals surface area contributed by atoms with Gasteiger partial charge < -0.3 is 14.8 Å². The number of carbonyl (C=O) groups excluding carboxylic acids is 1. The van der Waals surface area contributed by atoms with E-state index in [4.69, 9.17) is 9.47 Å². The molecular formula is C24H27NO3. The van der Waals surface area contributed by atoms with Gasteiger partial charge in [-0.25, -0.2) is 0 Å². The quantitative estimate of drug-likeness (QED) is 0.547. The average Bonchev–Trinajstić information content (AvgIpc) is 2.72. The maximum Gasteiger partial charge on any atom is 0.260 e. The third-order valence-corrected chi connectivity index (χ3v) is 4.58. The maximum atomic E-state index is 12.3. The highest BCUT2D eigenvalue weighted by Gasteiger charge is 2.14. The molecule has 146 valence electrons. The van der Waals surface area contributed by atoms with Crippen molar-refractivity contribution in [2.45, 2.75) is 32.8 Å². The molecule has 28 heavy (non-hydrogen) atoms. The van der Waals surface area contributed by atoms with Gasteiger partial charge in [0.05, 0.1) is 6.61 Å². The molecule has 0 fully saturated rings. The summed E-state index contributed by atoms with van der Waals surface area (Å²) in [5, 5.41) is 5.21. The summed E-state index contributed by atoms with van der Waals surface area (Å²) in [6.45, 7) is 5.04. The number of fused-ring (bicyclic) bond motifs is 1. The first-order valence-electron chi connectivity index (χ1n) is 9.80. The first-order valence-corrected chi connectivity index (χ1v) is 9.80. The SMILES string of the molecule is CCOc1ccc(CCCNC(=O)[C@@H](C)Oc2ccc3ccccc3c2)cc1. The Hall–Kier alpha value is -3.01. The van der Waals surface area contributed by atoms with Crippen LogP contribution in [0.3, 0.4) is 0 Å². The number of aryl methyl sites for hydroxylation is 1. The topological polar surface area (TPSA) is 47.6 Å². The fraction of sp³-hybridized carbons (Fsp3) is 0.292. The molecule has 3 aromatic carbocycles. The minimum Gasteiger partial charge on any atom is -0.494 e. The zero-order valence-electron chi connectivity index (χ0n) is 16.5.